The Labute approximate surface area is 151 Å². The number of hydrogen-bond acceptors (Lipinski definition) is 4. The van der Waals surface area contributed by atoms with Gasteiger partial charge >= 0.3 is 0 Å². The number of anilines is 1. The second-order valence-electron chi connectivity index (χ2n) is 5.92. The minimum atomic E-state index is -0.182. The number of nitrogens with zero attached hydrogens (tertiary/aromatic N) is 1. The van der Waals surface area contributed by atoms with E-state index in [9.17, 15) is 4.79 Å². The smallest absolute Gasteiger partial charge is 0.259 e. The molecule has 0 aliphatic rings. The summed E-state index contributed by atoms with van der Waals surface area (Å²) in [4.78, 5) is 17.1. The summed E-state index contributed by atoms with van der Waals surface area (Å²) in [6.07, 6.45) is 0. The summed E-state index contributed by atoms with van der Waals surface area (Å²) in [6, 6.07) is 13.2. The standard InChI is InChI=1S/C20H20N2O2S/c1-13-8-9-14(2)18(10-13)22-20(23)17-6-4-5-7-19(17)24-11-16-12-25-15(3)21-16/h4-10,12H,11H2,1-3H3,(H,22,23). The molecule has 0 aliphatic carbocycles. The number of nitrogens with one attached hydrogen (secondary N) is 1. The summed E-state index contributed by atoms with van der Waals surface area (Å²) in [5.41, 5.74) is 4.32. The van der Waals surface area contributed by atoms with Crippen molar-refractivity contribution in [3.63, 3.8) is 0 Å². The number of carbonyl (C=O) groups excluding carboxylic acids is 1. The van der Waals surface area contributed by atoms with E-state index < -0.39 is 0 Å². The molecule has 3 aromatic rings. The first-order valence-corrected chi connectivity index (χ1v) is 8.92. The summed E-state index contributed by atoms with van der Waals surface area (Å²) in [7, 11) is 0. The number of rotatable bonds is 5. The zero-order valence-electron chi connectivity index (χ0n) is 14.5. The Bertz CT molecular complexity index is 902. The fourth-order valence-corrected chi connectivity index (χ4v) is 3.06. The number of thiazole rings is 1. The predicted octanol–water partition coefficient (Wildman–Crippen LogP) is 4.90. The van der Waals surface area contributed by atoms with Crippen LogP contribution in [0.25, 0.3) is 0 Å². The Hall–Kier alpha value is -2.66. The highest BCUT2D eigenvalue weighted by Gasteiger charge is 2.14. The molecule has 1 N–H and O–H groups in total. The molecular weight excluding hydrogens is 332 g/mol. The Kier molecular flexibility index (Phi) is 5.14. The SMILES string of the molecule is Cc1ccc(C)c(NC(=O)c2ccccc2OCc2csc(C)n2)c1. The van der Waals surface area contributed by atoms with Gasteiger partial charge in [0.25, 0.3) is 5.91 Å². The van der Waals surface area contributed by atoms with Crippen LogP contribution in [0.15, 0.2) is 47.8 Å². The van der Waals surface area contributed by atoms with Gasteiger partial charge in [0.1, 0.15) is 12.4 Å². The number of para-hydroxylation sites is 1. The van der Waals surface area contributed by atoms with Crippen molar-refractivity contribution in [1.29, 1.82) is 0 Å². The lowest BCUT2D eigenvalue weighted by Gasteiger charge is -2.13. The number of benzene rings is 2. The molecule has 1 heterocycles. The van der Waals surface area contributed by atoms with Crippen LogP contribution in [0.1, 0.15) is 32.2 Å². The molecule has 3 rings (SSSR count). The molecule has 2 aromatic carbocycles. The lowest BCUT2D eigenvalue weighted by atomic mass is 10.1. The van der Waals surface area contributed by atoms with Gasteiger partial charge in [-0.2, -0.15) is 0 Å². The average Bonchev–Trinajstić information content (AvgIpc) is 3.02. The normalized spacial score (nSPS) is 10.5. The highest BCUT2D eigenvalue weighted by atomic mass is 32.1. The predicted molar refractivity (Wildman–Crippen MR) is 101 cm³/mol. The number of ether oxygens (including phenoxy) is 1. The van der Waals surface area contributed by atoms with Crippen molar-refractivity contribution in [2.24, 2.45) is 0 Å². The molecule has 5 heteroatoms. The van der Waals surface area contributed by atoms with E-state index in [1.165, 1.54) is 0 Å². The van der Waals surface area contributed by atoms with Gasteiger partial charge in [0, 0.05) is 11.1 Å². The quantitative estimate of drug-likeness (QED) is 0.710. The molecule has 128 valence electrons. The topological polar surface area (TPSA) is 51.2 Å². The van der Waals surface area contributed by atoms with Gasteiger partial charge in [0.15, 0.2) is 0 Å². The Morgan fingerprint density at radius 3 is 2.72 bits per heavy atom. The van der Waals surface area contributed by atoms with Crippen molar-refractivity contribution in [2.45, 2.75) is 27.4 Å². The molecule has 0 aliphatic heterocycles. The summed E-state index contributed by atoms with van der Waals surface area (Å²) < 4.78 is 5.83. The molecule has 25 heavy (non-hydrogen) atoms. The van der Waals surface area contributed by atoms with E-state index in [2.05, 4.69) is 10.3 Å². The van der Waals surface area contributed by atoms with Crippen LogP contribution in [0.5, 0.6) is 5.75 Å². The van der Waals surface area contributed by atoms with Crippen molar-refractivity contribution in [1.82, 2.24) is 4.98 Å². The second-order valence-corrected chi connectivity index (χ2v) is 6.98. The van der Waals surface area contributed by atoms with Gasteiger partial charge in [-0.3, -0.25) is 4.79 Å². The second kappa shape index (κ2) is 7.49. The van der Waals surface area contributed by atoms with Gasteiger partial charge in [0.2, 0.25) is 0 Å². The third-order valence-electron chi connectivity index (χ3n) is 3.82. The first-order chi connectivity index (χ1) is 12.0. The zero-order valence-corrected chi connectivity index (χ0v) is 15.3. The van der Waals surface area contributed by atoms with Crippen LogP contribution < -0.4 is 10.1 Å². The lowest BCUT2D eigenvalue weighted by molar-refractivity contribution is 0.102. The molecule has 0 fully saturated rings. The molecule has 0 atom stereocenters. The van der Waals surface area contributed by atoms with Crippen LogP contribution in [0.2, 0.25) is 0 Å². The third kappa shape index (κ3) is 4.25. The molecular formula is C20H20N2O2S. The van der Waals surface area contributed by atoms with E-state index in [0.717, 1.165) is 27.5 Å². The van der Waals surface area contributed by atoms with Gasteiger partial charge in [-0.1, -0.05) is 24.3 Å². The summed E-state index contributed by atoms with van der Waals surface area (Å²) in [5, 5.41) is 5.94. The number of amides is 1. The molecule has 0 unspecified atom stereocenters. The van der Waals surface area contributed by atoms with Gasteiger partial charge in [-0.05, 0) is 50.1 Å². The molecule has 1 amide bonds. The molecule has 0 radical (unpaired) electrons. The van der Waals surface area contributed by atoms with Gasteiger partial charge in [0.05, 0.1) is 16.3 Å². The highest BCUT2D eigenvalue weighted by Crippen LogP contribution is 2.23. The molecule has 0 spiro atoms. The van der Waals surface area contributed by atoms with E-state index in [4.69, 9.17) is 4.74 Å². The van der Waals surface area contributed by atoms with Crippen LogP contribution in [0, 0.1) is 20.8 Å². The zero-order chi connectivity index (χ0) is 17.8. The van der Waals surface area contributed by atoms with Gasteiger partial charge < -0.3 is 10.1 Å². The van der Waals surface area contributed by atoms with E-state index in [0.29, 0.717) is 17.9 Å². The first kappa shape index (κ1) is 17.2. The largest absolute Gasteiger partial charge is 0.486 e. The van der Waals surface area contributed by atoms with Crippen LogP contribution in [-0.4, -0.2) is 10.9 Å². The first-order valence-electron chi connectivity index (χ1n) is 8.04. The number of aromatic nitrogens is 1. The van der Waals surface area contributed by atoms with E-state index in [-0.39, 0.29) is 5.91 Å². The third-order valence-corrected chi connectivity index (χ3v) is 4.64. The maximum Gasteiger partial charge on any atom is 0.259 e. The van der Waals surface area contributed by atoms with Crippen LogP contribution in [-0.2, 0) is 6.61 Å². The van der Waals surface area contributed by atoms with Crippen LogP contribution in [0.3, 0.4) is 0 Å². The van der Waals surface area contributed by atoms with Gasteiger partial charge in [-0.15, -0.1) is 11.3 Å². The number of carbonyl (C=O) groups is 1. The van der Waals surface area contributed by atoms with Crippen molar-refractivity contribution >= 4 is 22.9 Å². The summed E-state index contributed by atoms with van der Waals surface area (Å²) >= 11 is 1.58. The highest BCUT2D eigenvalue weighted by molar-refractivity contribution is 7.09. The maximum atomic E-state index is 12.7. The van der Waals surface area contributed by atoms with Crippen molar-refractivity contribution in [3.05, 3.63) is 75.2 Å². The lowest BCUT2D eigenvalue weighted by Crippen LogP contribution is -2.14. The minimum Gasteiger partial charge on any atom is -0.486 e. The molecule has 0 saturated heterocycles. The maximum absolute atomic E-state index is 12.7. The van der Waals surface area contributed by atoms with Crippen LogP contribution >= 0.6 is 11.3 Å². The van der Waals surface area contributed by atoms with E-state index >= 15 is 0 Å². The monoisotopic (exact) mass is 352 g/mol. The average molecular weight is 352 g/mol. The molecule has 4 nitrogen and oxygen atoms in total. The summed E-state index contributed by atoms with van der Waals surface area (Å²) in [5.74, 6) is 0.370. The molecule has 0 saturated carbocycles. The Morgan fingerprint density at radius 1 is 1.16 bits per heavy atom. The van der Waals surface area contributed by atoms with Gasteiger partial charge in [-0.25, -0.2) is 4.98 Å². The van der Waals surface area contributed by atoms with Crippen LogP contribution in [0.4, 0.5) is 5.69 Å². The van der Waals surface area contributed by atoms with E-state index in [1.54, 1.807) is 23.5 Å². The fraction of sp³-hybridized carbons (Fsp3) is 0.200. The summed E-state index contributed by atoms with van der Waals surface area (Å²) in [6.45, 7) is 6.28. The molecule has 0 bridgehead atoms. The van der Waals surface area contributed by atoms with Crippen molar-refractivity contribution < 1.29 is 9.53 Å². The van der Waals surface area contributed by atoms with E-state index in [1.807, 2.05) is 56.5 Å². The fourth-order valence-electron chi connectivity index (χ4n) is 2.47. The number of hydrogen-bond donors (Lipinski definition) is 1. The molecule has 1 aromatic heterocycles. The Morgan fingerprint density at radius 2 is 1.96 bits per heavy atom. The number of aryl methyl sites for hydroxylation is 3. The van der Waals surface area contributed by atoms with Crippen molar-refractivity contribution in [2.75, 3.05) is 5.32 Å². The Balaban J connectivity index is 1.77. The minimum absolute atomic E-state index is 0.182. The van der Waals surface area contributed by atoms with Crippen molar-refractivity contribution in [3.8, 4) is 5.75 Å².